The fourth-order valence-electron chi connectivity index (χ4n) is 5.99. The highest BCUT2D eigenvalue weighted by molar-refractivity contribution is 7.48. The normalized spacial score (nSPS) is 14.6. The van der Waals surface area contributed by atoms with E-state index in [9.17, 15) is 24.1 Å². The molecule has 3 N–H and O–H groups in total. The second kappa shape index (κ2) is 19.1. The van der Waals surface area contributed by atoms with E-state index in [0.717, 1.165) is 24.0 Å². The SMILES string of the molecule is CC(=O)N[C@@H](Cc1ccc(OP(=O)(OCc2ccccc2)OCc2ccccc2)cc1)C(=O)N[C@@H](CCC(=O)O)c1nc(CC2CCCCC2)no1. The van der Waals surface area contributed by atoms with Crippen molar-refractivity contribution in [3.8, 4) is 5.75 Å². The number of carbonyl (C=O) groups is 3. The number of phosphoric ester groups is 1. The van der Waals surface area contributed by atoms with E-state index in [0.29, 0.717) is 23.7 Å². The van der Waals surface area contributed by atoms with Gasteiger partial charge in [-0.15, -0.1) is 0 Å². The summed E-state index contributed by atoms with van der Waals surface area (Å²) in [5, 5.41) is 19.0. The summed E-state index contributed by atoms with van der Waals surface area (Å²) in [5.41, 5.74) is 2.23. The topological polar surface area (TPSA) is 179 Å². The first-order valence-electron chi connectivity index (χ1n) is 17.5. The molecule has 0 saturated heterocycles. The minimum Gasteiger partial charge on any atom is -0.481 e. The molecule has 0 radical (unpaired) electrons. The molecule has 4 aromatic rings. The van der Waals surface area contributed by atoms with Gasteiger partial charge in [-0.1, -0.05) is 110 Å². The van der Waals surface area contributed by atoms with Crippen molar-refractivity contribution in [2.75, 3.05) is 0 Å². The van der Waals surface area contributed by atoms with Gasteiger partial charge in [0.05, 0.1) is 13.2 Å². The molecule has 1 aliphatic rings. The lowest BCUT2D eigenvalue weighted by Crippen LogP contribution is -2.48. The lowest BCUT2D eigenvalue weighted by molar-refractivity contribution is -0.137. The van der Waals surface area contributed by atoms with Crippen LogP contribution in [0.4, 0.5) is 0 Å². The van der Waals surface area contributed by atoms with E-state index < -0.39 is 37.7 Å². The van der Waals surface area contributed by atoms with Gasteiger partial charge in [0.25, 0.3) is 0 Å². The third kappa shape index (κ3) is 12.4. The number of carbonyl (C=O) groups excluding carboxylic acids is 2. The van der Waals surface area contributed by atoms with Crippen molar-refractivity contribution < 1.29 is 42.1 Å². The number of phosphoric acid groups is 1. The van der Waals surface area contributed by atoms with E-state index in [4.69, 9.17) is 18.1 Å². The number of aliphatic carboxylic acids is 1. The number of aromatic nitrogens is 2. The summed E-state index contributed by atoms with van der Waals surface area (Å²) in [5.74, 6) is -0.699. The van der Waals surface area contributed by atoms with Crippen LogP contribution in [0.15, 0.2) is 89.5 Å². The molecule has 14 heteroatoms. The van der Waals surface area contributed by atoms with E-state index >= 15 is 0 Å². The van der Waals surface area contributed by atoms with Gasteiger partial charge in [0.15, 0.2) is 5.82 Å². The molecule has 2 amide bonds. The predicted molar refractivity (Wildman–Crippen MR) is 191 cm³/mol. The molecule has 0 spiro atoms. The Labute approximate surface area is 303 Å². The van der Waals surface area contributed by atoms with Gasteiger partial charge >= 0.3 is 13.8 Å². The highest BCUT2D eigenvalue weighted by atomic mass is 31.2. The Kier molecular flexibility index (Phi) is 14.1. The summed E-state index contributed by atoms with van der Waals surface area (Å²) in [4.78, 5) is 41.7. The number of hydrogen-bond donors (Lipinski definition) is 3. The van der Waals surface area contributed by atoms with E-state index in [1.807, 2.05) is 60.7 Å². The molecular weight excluding hydrogens is 687 g/mol. The molecule has 5 rings (SSSR count). The van der Waals surface area contributed by atoms with Crippen molar-refractivity contribution in [2.45, 2.75) is 90.0 Å². The second-order valence-corrected chi connectivity index (χ2v) is 14.5. The van der Waals surface area contributed by atoms with Crippen LogP contribution in [0.2, 0.25) is 0 Å². The first kappa shape index (κ1) is 38.4. The van der Waals surface area contributed by atoms with Crippen molar-refractivity contribution in [3.63, 3.8) is 0 Å². The molecule has 1 fully saturated rings. The van der Waals surface area contributed by atoms with Crippen molar-refractivity contribution >= 4 is 25.6 Å². The summed E-state index contributed by atoms with van der Waals surface area (Å²) in [6, 6.07) is 23.1. The zero-order valence-electron chi connectivity index (χ0n) is 29.1. The Hall–Kier alpha value is -4.84. The van der Waals surface area contributed by atoms with E-state index in [1.165, 1.54) is 26.2 Å². The molecule has 0 bridgehead atoms. The summed E-state index contributed by atoms with van der Waals surface area (Å²) in [6.07, 6.45) is 6.26. The van der Waals surface area contributed by atoms with Gasteiger partial charge in [0, 0.05) is 26.2 Å². The molecule has 0 unspecified atom stereocenters. The Bertz CT molecular complexity index is 1730. The number of nitrogens with one attached hydrogen (secondary N) is 2. The van der Waals surface area contributed by atoms with Crippen molar-refractivity contribution in [2.24, 2.45) is 5.92 Å². The van der Waals surface area contributed by atoms with Gasteiger partial charge in [-0.05, 0) is 41.2 Å². The Morgan fingerprint density at radius 1 is 0.865 bits per heavy atom. The van der Waals surface area contributed by atoms with Crippen molar-refractivity contribution in [3.05, 3.63) is 113 Å². The van der Waals surface area contributed by atoms with Gasteiger partial charge < -0.3 is 24.8 Å². The standard InChI is InChI=1S/C38H45N4O9P/c1-27(43)39-34(37(46)40-33(21-22-36(44)45)38-41-35(42-50-38)24-28-11-5-2-6-12-28)23-29-17-19-32(20-18-29)51-52(47,48-25-30-13-7-3-8-14-30)49-26-31-15-9-4-10-16-31/h3-4,7-10,13-20,28,33-34H,2,5-6,11-12,21-26H2,1H3,(H,39,43)(H,40,46)(H,44,45)/t33-,34-/m0/s1. The maximum absolute atomic E-state index is 13.8. The Morgan fingerprint density at radius 2 is 1.48 bits per heavy atom. The molecule has 1 saturated carbocycles. The van der Waals surface area contributed by atoms with Gasteiger partial charge in [-0.2, -0.15) is 4.98 Å². The number of nitrogens with zero attached hydrogens (tertiary/aromatic N) is 2. The molecule has 13 nitrogen and oxygen atoms in total. The highest BCUT2D eigenvalue weighted by Crippen LogP contribution is 2.51. The van der Waals surface area contributed by atoms with Crippen LogP contribution in [0.1, 0.15) is 86.3 Å². The summed E-state index contributed by atoms with van der Waals surface area (Å²) in [7, 11) is -4.10. The molecule has 1 aromatic heterocycles. The fourth-order valence-corrected chi connectivity index (χ4v) is 7.16. The zero-order chi connectivity index (χ0) is 36.8. The van der Waals surface area contributed by atoms with Crippen LogP contribution in [0, 0.1) is 5.92 Å². The third-order valence-electron chi connectivity index (χ3n) is 8.68. The summed E-state index contributed by atoms with van der Waals surface area (Å²) >= 11 is 0. The van der Waals surface area contributed by atoms with Crippen LogP contribution in [0.25, 0.3) is 0 Å². The second-order valence-electron chi connectivity index (χ2n) is 12.9. The number of carboxylic acids is 1. The molecule has 1 heterocycles. The molecule has 2 atom stereocenters. The quantitative estimate of drug-likeness (QED) is 0.0856. The first-order valence-corrected chi connectivity index (χ1v) is 19.0. The average Bonchev–Trinajstić information content (AvgIpc) is 3.61. The smallest absolute Gasteiger partial charge is 0.481 e. The Balaban J connectivity index is 1.25. The first-order chi connectivity index (χ1) is 25.1. The lowest BCUT2D eigenvalue weighted by atomic mass is 9.87. The van der Waals surface area contributed by atoms with Gasteiger partial charge in [0.2, 0.25) is 17.7 Å². The number of carboxylic acid groups (broad SMARTS) is 1. The predicted octanol–water partition coefficient (Wildman–Crippen LogP) is 6.88. The van der Waals surface area contributed by atoms with Crippen molar-refractivity contribution in [1.29, 1.82) is 0 Å². The highest BCUT2D eigenvalue weighted by Gasteiger charge is 2.30. The van der Waals surface area contributed by atoms with Crippen LogP contribution in [0.3, 0.4) is 0 Å². The number of rotatable bonds is 19. The van der Waals surface area contributed by atoms with Crippen LogP contribution in [-0.4, -0.2) is 39.1 Å². The van der Waals surface area contributed by atoms with E-state index in [1.54, 1.807) is 24.3 Å². The maximum atomic E-state index is 13.8. The number of amides is 2. The fraction of sp³-hybridized carbons (Fsp3) is 0.395. The van der Waals surface area contributed by atoms with Crippen molar-refractivity contribution in [1.82, 2.24) is 20.8 Å². The minimum absolute atomic E-state index is 0.00260. The zero-order valence-corrected chi connectivity index (χ0v) is 30.0. The molecule has 3 aromatic carbocycles. The van der Waals surface area contributed by atoms with Crippen LogP contribution in [-0.2, 0) is 54.1 Å². The van der Waals surface area contributed by atoms with Crippen LogP contribution < -0.4 is 15.2 Å². The summed E-state index contributed by atoms with van der Waals surface area (Å²) in [6.45, 7) is 1.30. The molecule has 1 aliphatic carbocycles. The van der Waals surface area contributed by atoms with E-state index in [-0.39, 0.29) is 44.1 Å². The Morgan fingerprint density at radius 3 is 2.06 bits per heavy atom. The average molecular weight is 733 g/mol. The number of hydrogen-bond acceptors (Lipinski definition) is 10. The lowest BCUT2D eigenvalue weighted by Gasteiger charge is -2.22. The minimum atomic E-state index is -4.10. The molecular formula is C38H45N4O9P. The van der Waals surface area contributed by atoms with Gasteiger partial charge in [-0.25, -0.2) is 4.57 Å². The molecule has 52 heavy (non-hydrogen) atoms. The van der Waals surface area contributed by atoms with Crippen LogP contribution >= 0.6 is 7.82 Å². The number of benzene rings is 3. The maximum Gasteiger partial charge on any atom is 0.530 e. The van der Waals surface area contributed by atoms with Crippen LogP contribution in [0.5, 0.6) is 5.75 Å². The molecule has 276 valence electrons. The van der Waals surface area contributed by atoms with E-state index in [2.05, 4.69) is 20.8 Å². The monoisotopic (exact) mass is 732 g/mol. The summed E-state index contributed by atoms with van der Waals surface area (Å²) < 4.78 is 36.5. The third-order valence-corrected chi connectivity index (χ3v) is 10.0. The van der Waals surface area contributed by atoms with Gasteiger partial charge in [0.1, 0.15) is 17.8 Å². The largest absolute Gasteiger partial charge is 0.530 e. The molecule has 0 aliphatic heterocycles. The van der Waals surface area contributed by atoms with Gasteiger partial charge in [-0.3, -0.25) is 23.4 Å².